The number of halogens is 1. The lowest BCUT2D eigenvalue weighted by atomic mass is 10.1. The van der Waals surface area contributed by atoms with E-state index in [1.54, 1.807) is 13.8 Å². The lowest BCUT2D eigenvalue weighted by molar-refractivity contribution is -0.117. The van der Waals surface area contributed by atoms with Gasteiger partial charge in [-0.15, -0.1) is 11.3 Å². The minimum Gasteiger partial charge on any atom is -0.461 e. The van der Waals surface area contributed by atoms with Crippen LogP contribution in [0.15, 0.2) is 17.5 Å². The fourth-order valence-electron chi connectivity index (χ4n) is 1.64. The van der Waals surface area contributed by atoms with E-state index < -0.39 is 5.97 Å². The molecule has 0 aromatic carbocycles. The van der Waals surface area contributed by atoms with Crippen LogP contribution >= 0.6 is 22.9 Å². The Morgan fingerprint density at radius 1 is 1.57 bits per heavy atom. The predicted molar refractivity (Wildman–Crippen MR) is 80.9 cm³/mol. The van der Waals surface area contributed by atoms with Crippen LogP contribution in [-0.4, -0.2) is 28.5 Å². The number of hydrogen-bond donors (Lipinski definition) is 2. The second-order valence-corrected chi connectivity index (χ2v) is 5.55. The van der Waals surface area contributed by atoms with Gasteiger partial charge >= 0.3 is 5.97 Å². The van der Waals surface area contributed by atoms with Gasteiger partial charge in [-0.05, 0) is 25.3 Å². The molecule has 8 heteroatoms. The molecule has 0 radical (unpaired) electrons. The Labute approximate surface area is 130 Å². The number of aromatic amines is 1. The van der Waals surface area contributed by atoms with Gasteiger partial charge in [-0.3, -0.25) is 10.1 Å². The minimum absolute atomic E-state index is 0.0347. The summed E-state index contributed by atoms with van der Waals surface area (Å²) in [4.78, 5) is 31.2. The third-order valence-corrected chi connectivity index (χ3v) is 4.06. The normalized spacial score (nSPS) is 12.0. The maximum atomic E-state index is 12.1. The molecular formula is C13H14ClN3O3S. The number of nitrogens with one attached hydrogen (secondary N) is 2. The zero-order valence-electron chi connectivity index (χ0n) is 11.5. The average molecular weight is 328 g/mol. The van der Waals surface area contributed by atoms with Gasteiger partial charge in [0.25, 0.3) is 0 Å². The molecule has 0 spiro atoms. The molecule has 2 aromatic heterocycles. The lowest BCUT2D eigenvalue weighted by Crippen LogP contribution is -2.19. The van der Waals surface area contributed by atoms with Gasteiger partial charge < -0.3 is 9.72 Å². The molecule has 0 saturated heterocycles. The van der Waals surface area contributed by atoms with Crippen molar-refractivity contribution >= 4 is 40.8 Å². The summed E-state index contributed by atoms with van der Waals surface area (Å²) in [6.07, 6.45) is 0. The summed E-state index contributed by atoms with van der Waals surface area (Å²) in [6.45, 7) is 3.70. The maximum Gasteiger partial charge on any atom is 0.360 e. The first-order valence-corrected chi connectivity index (χ1v) is 7.55. The van der Waals surface area contributed by atoms with Gasteiger partial charge in [0.05, 0.1) is 12.5 Å². The zero-order valence-corrected chi connectivity index (χ0v) is 13.0. The molecule has 0 fully saturated rings. The van der Waals surface area contributed by atoms with E-state index in [4.69, 9.17) is 16.3 Å². The van der Waals surface area contributed by atoms with E-state index in [0.717, 1.165) is 4.88 Å². The Bertz CT molecular complexity index is 639. The van der Waals surface area contributed by atoms with Crippen LogP contribution < -0.4 is 5.32 Å². The average Bonchev–Trinajstić information content (AvgIpc) is 3.07. The standard InChI is InChI=1S/C13H14ClN3O3S/c1-3-20-12(19)9-10(14)16-13(15-9)17-11(18)7(2)8-5-4-6-21-8/h4-7H,3H2,1-2H3,(H2,15,16,17,18). The molecule has 1 amide bonds. The van der Waals surface area contributed by atoms with Gasteiger partial charge in [0.15, 0.2) is 5.69 Å². The Balaban J connectivity index is 2.08. The first-order valence-electron chi connectivity index (χ1n) is 6.29. The SMILES string of the molecule is CCOC(=O)c1nc(NC(=O)C(C)c2cccs2)[nH]c1Cl. The lowest BCUT2D eigenvalue weighted by Gasteiger charge is -2.08. The number of carbonyl (C=O) groups is 2. The van der Waals surface area contributed by atoms with Crippen LogP contribution in [0.2, 0.25) is 5.15 Å². The van der Waals surface area contributed by atoms with Crippen molar-refractivity contribution in [3.05, 3.63) is 33.2 Å². The first kappa shape index (κ1) is 15.5. The van der Waals surface area contributed by atoms with Crippen LogP contribution in [0.1, 0.15) is 35.1 Å². The number of amides is 1. The van der Waals surface area contributed by atoms with Crippen molar-refractivity contribution in [2.24, 2.45) is 0 Å². The predicted octanol–water partition coefficient (Wildman–Crippen LogP) is 3.04. The molecule has 0 saturated carbocycles. The summed E-state index contributed by atoms with van der Waals surface area (Å²) in [7, 11) is 0. The summed E-state index contributed by atoms with van der Waals surface area (Å²) >= 11 is 7.37. The molecule has 6 nitrogen and oxygen atoms in total. The monoisotopic (exact) mass is 327 g/mol. The molecule has 112 valence electrons. The molecule has 2 N–H and O–H groups in total. The van der Waals surface area contributed by atoms with Gasteiger partial charge in [-0.1, -0.05) is 17.7 Å². The van der Waals surface area contributed by atoms with E-state index in [0.29, 0.717) is 0 Å². The molecule has 1 unspecified atom stereocenters. The molecule has 0 bridgehead atoms. The van der Waals surface area contributed by atoms with Crippen molar-refractivity contribution in [1.82, 2.24) is 9.97 Å². The second-order valence-electron chi connectivity index (χ2n) is 4.19. The number of anilines is 1. The van der Waals surface area contributed by atoms with Gasteiger partial charge in [0.1, 0.15) is 5.15 Å². The number of esters is 1. The van der Waals surface area contributed by atoms with Crippen molar-refractivity contribution in [2.45, 2.75) is 19.8 Å². The summed E-state index contributed by atoms with van der Waals surface area (Å²) < 4.78 is 4.82. The molecular weight excluding hydrogens is 314 g/mol. The number of thiophene rings is 1. The largest absolute Gasteiger partial charge is 0.461 e. The Kier molecular flexibility index (Phi) is 4.98. The molecule has 0 aliphatic rings. The second kappa shape index (κ2) is 6.73. The highest BCUT2D eigenvalue weighted by Gasteiger charge is 2.21. The number of carbonyl (C=O) groups excluding carboxylic acids is 2. The van der Waals surface area contributed by atoms with Gasteiger partial charge in [0, 0.05) is 4.88 Å². The smallest absolute Gasteiger partial charge is 0.360 e. The van der Waals surface area contributed by atoms with Crippen LogP contribution in [0.3, 0.4) is 0 Å². The van der Waals surface area contributed by atoms with Crippen LogP contribution in [-0.2, 0) is 9.53 Å². The van der Waals surface area contributed by atoms with Gasteiger partial charge in [-0.2, -0.15) is 0 Å². The zero-order chi connectivity index (χ0) is 15.4. The summed E-state index contributed by atoms with van der Waals surface area (Å²) in [6, 6.07) is 3.76. The van der Waals surface area contributed by atoms with E-state index in [1.807, 2.05) is 17.5 Å². The quantitative estimate of drug-likeness (QED) is 0.827. The van der Waals surface area contributed by atoms with Crippen molar-refractivity contribution < 1.29 is 14.3 Å². The van der Waals surface area contributed by atoms with Crippen molar-refractivity contribution in [2.75, 3.05) is 11.9 Å². The molecule has 0 aliphatic heterocycles. The number of nitrogens with zero attached hydrogens (tertiary/aromatic N) is 1. The van der Waals surface area contributed by atoms with Crippen LogP contribution in [0.25, 0.3) is 0 Å². The van der Waals surface area contributed by atoms with E-state index >= 15 is 0 Å². The topological polar surface area (TPSA) is 84.1 Å². The number of rotatable bonds is 5. The van der Waals surface area contributed by atoms with Gasteiger partial charge in [0.2, 0.25) is 11.9 Å². The molecule has 2 aromatic rings. The number of imidazole rings is 1. The van der Waals surface area contributed by atoms with E-state index in [2.05, 4.69) is 15.3 Å². The Morgan fingerprint density at radius 3 is 2.95 bits per heavy atom. The molecule has 1 atom stereocenters. The Morgan fingerprint density at radius 2 is 2.33 bits per heavy atom. The maximum absolute atomic E-state index is 12.1. The van der Waals surface area contributed by atoms with E-state index in [1.165, 1.54) is 11.3 Å². The minimum atomic E-state index is -0.634. The number of aromatic nitrogens is 2. The number of ether oxygens (including phenoxy) is 1. The number of H-pyrrole nitrogens is 1. The van der Waals surface area contributed by atoms with Gasteiger partial charge in [-0.25, -0.2) is 9.78 Å². The van der Waals surface area contributed by atoms with Crippen LogP contribution in [0.4, 0.5) is 5.95 Å². The van der Waals surface area contributed by atoms with Crippen LogP contribution in [0, 0.1) is 0 Å². The highest BCUT2D eigenvalue weighted by atomic mass is 35.5. The molecule has 2 rings (SSSR count). The Hall–Kier alpha value is -1.86. The fraction of sp³-hybridized carbons (Fsp3) is 0.308. The third-order valence-electron chi connectivity index (χ3n) is 2.73. The van der Waals surface area contributed by atoms with Crippen molar-refractivity contribution in [3.8, 4) is 0 Å². The number of hydrogen-bond acceptors (Lipinski definition) is 5. The van der Waals surface area contributed by atoms with E-state index in [9.17, 15) is 9.59 Å². The third kappa shape index (κ3) is 3.62. The summed E-state index contributed by atoms with van der Waals surface area (Å²) in [5.74, 6) is -1.07. The summed E-state index contributed by atoms with van der Waals surface area (Å²) in [5.41, 5.74) is -0.0439. The van der Waals surface area contributed by atoms with Crippen LogP contribution in [0.5, 0.6) is 0 Å². The van der Waals surface area contributed by atoms with Crippen molar-refractivity contribution in [3.63, 3.8) is 0 Å². The molecule has 0 aliphatic carbocycles. The molecule has 2 heterocycles. The molecule has 21 heavy (non-hydrogen) atoms. The van der Waals surface area contributed by atoms with Crippen molar-refractivity contribution in [1.29, 1.82) is 0 Å². The fourth-order valence-corrected chi connectivity index (χ4v) is 2.63. The van der Waals surface area contributed by atoms with E-state index in [-0.39, 0.29) is 35.2 Å². The highest BCUT2D eigenvalue weighted by molar-refractivity contribution is 7.10. The first-order chi connectivity index (χ1) is 10.0. The highest BCUT2D eigenvalue weighted by Crippen LogP contribution is 2.23. The summed E-state index contributed by atoms with van der Waals surface area (Å²) in [5, 5.41) is 4.54.